The molecule has 0 saturated heterocycles. The summed E-state index contributed by atoms with van der Waals surface area (Å²) in [6.45, 7) is 7.39. The summed E-state index contributed by atoms with van der Waals surface area (Å²) in [5.41, 5.74) is 0.310. The maximum absolute atomic E-state index is 14.3. The van der Waals surface area contributed by atoms with Crippen molar-refractivity contribution in [2.24, 2.45) is 0 Å². The van der Waals surface area contributed by atoms with Crippen LogP contribution < -0.4 is 9.62 Å². The average molecular weight is 571 g/mol. The van der Waals surface area contributed by atoms with Crippen molar-refractivity contribution in [2.75, 3.05) is 17.1 Å². The zero-order chi connectivity index (χ0) is 26.4. The van der Waals surface area contributed by atoms with Crippen LogP contribution in [-0.2, 0) is 26.2 Å². The van der Waals surface area contributed by atoms with Gasteiger partial charge in [0, 0.05) is 29.5 Å². The van der Waals surface area contributed by atoms with Crippen LogP contribution in [0.2, 0.25) is 0 Å². The normalized spacial score (nSPS) is 12.7. The topological polar surface area (TPSA) is 86.8 Å². The van der Waals surface area contributed by atoms with Gasteiger partial charge in [-0.25, -0.2) is 12.8 Å². The highest BCUT2D eigenvalue weighted by atomic mass is 79.9. The number of halogens is 2. The second kappa shape index (κ2) is 12.0. The van der Waals surface area contributed by atoms with Gasteiger partial charge in [-0.3, -0.25) is 13.9 Å². The summed E-state index contributed by atoms with van der Waals surface area (Å²) in [5, 5.41) is 2.90. The molecule has 0 aromatic heterocycles. The molecular formula is C25H33BrFN3O4S. The Kier molecular flexibility index (Phi) is 9.85. The first-order chi connectivity index (χ1) is 16.2. The van der Waals surface area contributed by atoms with Gasteiger partial charge in [0.2, 0.25) is 21.8 Å². The summed E-state index contributed by atoms with van der Waals surface area (Å²) in [4.78, 5) is 27.6. The van der Waals surface area contributed by atoms with E-state index in [2.05, 4.69) is 21.2 Å². The Balaban J connectivity index is 2.20. The lowest BCUT2D eigenvalue weighted by Crippen LogP contribution is -2.52. The van der Waals surface area contributed by atoms with Crippen LogP contribution in [-0.4, -0.2) is 49.5 Å². The number of carbonyl (C=O) groups excluding carboxylic acids is 2. The van der Waals surface area contributed by atoms with Gasteiger partial charge in [-0.05, 0) is 63.9 Å². The monoisotopic (exact) mass is 569 g/mol. The van der Waals surface area contributed by atoms with Gasteiger partial charge in [0.1, 0.15) is 11.9 Å². The van der Waals surface area contributed by atoms with E-state index in [9.17, 15) is 22.4 Å². The van der Waals surface area contributed by atoms with Crippen LogP contribution in [0.3, 0.4) is 0 Å². The van der Waals surface area contributed by atoms with Crippen LogP contribution in [0.25, 0.3) is 0 Å². The Morgan fingerprint density at radius 2 is 1.77 bits per heavy atom. The van der Waals surface area contributed by atoms with Crippen molar-refractivity contribution in [1.82, 2.24) is 10.2 Å². The lowest BCUT2D eigenvalue weighted by atomic mass is 10.1. The maximum atomic E-state index is 14.3. The third-order valence-corrected chi connectivity index (χ3v) is 6.85. The highest BCUT2D eigenvalue weighted by Crippen LogP contribution is 2.22. The van der Waals surface area contributed by atoms with Crippen molar-refractivity contribution in [1.29, 1.82) is 0 Å². The highest BCUT2D eigenvalue weighted by molar-refractivity contribution is 9.10. The first-order valence-corrected chi connectivity index (χ1v) is 13.9. The maximum Gasteiger partial charge on any atom is 0.242 e. The molecule has 0 bridgehead atoms. The number of anilines is 1. The van der Waals surface area contributed by atoms with Gasteiger partial charge in [0.25, 0.3) is 0 Å². The van der Waals surface area contributed by atoms with E-state index >= 15 is 0 Å². The van der Waals surface area contributed by atoms with Crippen LogP contribution >= 0.6 is 15.9 Å². The Hall–Kier alpha value is -2.46. The molecule has 0 saturated carbocycles. The fourth-order valence-corrected chi connectivity index (χ4v) is 4.94. The lowest BCUT2D eigenvalue weighted by molar-refractivity contribution is -0.141. The summed E-state index contributed by atoms with van der Waals surface area (Å²) in [7, 11) is -3.76. The second-order valence-corrected chi connectivity index (χ2v) is 12.3. The fraction of sp³-hybridized carbons (Fsp3) is 0.440. The zero-order valence-corrected chi connectivity index (χ0v) is 23.1. The molecule has 0 aliphatic heterocycles. The van der Waals surface area contributed by atoms with Crippen molar-refractivity contribution >= 4 is 43.5 Å². The summed E-state index contributed by atoms with van der Waals surface area (Å²) in [5.74, 6) is -1.25. The van der Waals surface area contributed by atoms with Crippen LogP contribution in [0.1, 0.15) is 46.1 Å². The molecule has 192 valence electrons. The smallest absolute Gasteiger partial charge is 0.242 e. The van der Waals surface area contributed by atoms with Crippen LogP contribution in [0.5, 0.6) is 0 Å². The van der Waals surface area contributed by atoms with Crippen molar-refractivity contribution in [2.45, 2.75) is 58.7 Å². The minimum absolute atomic E-state index is 0.0123. The quantitative estimate of drug-likeness (QED) is 0.457. The number of para-hydroxylation sites is 1. The number of benzene rings is 2. The van der Waals surface area contributed by atoms with Crippen molar-refractivity contribution in [3.63, 3.8) is 0 Å². The van der Waals surface area contributed by atoms with Crippen molar-refractivity contribution in [3.8, 4) is 0 Å². The van der Waals surface area contributed by atoms with E-state index in [0.29, 0.717) is 0 Å². The van der Waals surface area contributed by atoms with Gasteiger partial charge in [-0.15, -0.1) is 0 Å². The molecule has 2 aromatic carbocycles. The number of carbonyl (C=O) groups is 2. The average Bonchev–Trinajstić information content (AvgIpc) is 2.73. The molecule has 35 heavy (non-hydrogen) atoms. The predicted molar refractivity (Wildman–Crippen MR) is 140 cm³/mol. The Labute approximate surface area is 215 Å². The van der Waals surface area contributed by atoms with E-state index in [1.165, 1.54) is 23.1 Å². The van der Waals surface area contributed by atoms with Gasteiger partial charge in [0.05, 0.1) is 11.9 Å². The van der Waals surface area contributed by atoms with E-state index in [4.69, 9.17) is 0 Å². The highest BCUT2D eigenvalue weighted by Gasteiger charge is 2.29. The number of nitrogens with one attached hydrogen (secondary N) is 1. The molecule has 0 radical (unpaired) electrons. The van der Waals surface area contributed by atoms with Crippen molar-refractivity contribution in [3.05, 3.63) is 64.4 Å². The second-order valence-electron chi connectivity index (χ2n) is 9.46. The molecule has 2 aromatic rings. The molecule has 0 unspecified atom stereocenters. The Morgan fingerprint density at radius 3 is 2.34 bits per heavy atom. The van der Waals surface area contributed by atoms with Crippen molar-refractivity contribution < 1.29 is 22.4 Å². The minimum atomic E-state index is -3.76. The zero-order valence-electron chi connectivity index (χ0n) is 20.7. The first-order valence-electron chi connectivity index (χ1n) is 11.3. The van der Waals surface area contributed by atoms with Gasteiger partial charge in [0.15, 0.2) is 0 Å². The van der Waals surface area contributed by atoms with Gasteiger partial charge in [-0.1, -0.05) is 40.2 Å². The summed E-state index contributed by atoms with van der Waals surface area (Å²) in [6, 6.07) is 12.3. The standard InChI is InChI=1S/C25H33BrFN3O4S/c1-18(24(32)28-25(2,3)4)29(17-19-10-8-11-20(26)16-19)23(31)14-9-15-30(35(5,33)34)22-13-7-6-12-21(22)27/h6-8,10-13,16,18H,9,14-15,17H2,1-5H3,(H,28,32)/t18-/m0/s1. The molecule has 7 nitrogen and oxygen atoms in total. The lowest BCUT2D eigenvalue weighted by Gasteiger charge is -2.32. The molecule has 2 rings (SSSR count). The van der Waals surface area contributed by atoms with Crippen LogP contribution in [0, 0.1) is 5.82 Å². The minimum Gasteiger partial charge on any atom is -0.350 e. The molecule has 1 atom stereocenters. The molecular weight excluding hydrogens is 537 g/mol. The van der Waals surface area contributed by atoms with Crippen LogP contribution in [0.15, 0.2) is 53.0 Å². The molecule has 2 amide bonds. The number of sulfonamides is 1. The third-order valence-electron chi connectivity index (χ3n) is 5.18. The number of rotatable bonds is 10. The Bertz CT molecular complexity index is 1150. The van der Waals surface area contributed by atoms with E-state index in [0.717, 1.165) is 20.6 Å². The SMILES string of the molecule is C[C@@H](C(=O)NC(C)(C)C)N(Cc1cccc(Br)c1)C(=O)CCCN(c1ccccc1F)S(C)(=O)=O. The summed E-state index contributed by atoms with van der Waals surface area (Å²) in [6.07, 6.45) is 1.14. The molecule has 0 fully saturated rings. The fourth-order valence-electron chi connectivity index (χ4n) is 3.53. The summed E-state index contributed by atoms with van der Waals surface area (Å²) < 4.78 is 40.7. The first kappa shape index (κ1) is 28.8. The largest absolute Gasteiger partial charge is 0.350 e. The molecule has 0 aliphatic rings. The van der Waals surface area contributed by atoms with E-state index in [1.54, 1.807) is 13.0 Å². The molecule has 0 aliphatic carbocycles. The Morgan fingerprint density at radius 1 is 1.11 bits per heavy atom. The predicted octanol–water partition coefficient (Wildman–Crippen LogP) is 4.47. The third kappa shape index (κ3) is 8.92. The van der Waals surface area contributed by atoms with Gasteiger partial charge < -0.3 is 10.2 Å². The van der Waals surface area contributed by atoms with E-state index in [-0.39, 0.29) is 43.4 Å². The number of hydrogen-bond acceptors (Lipinski definition) is 4. The number of nitrogens with zero attached hydrogens (tertiary/aromatic N) is 2. The molecule has 1 N–H and O–H groups in total. The van der Waals surface area contributed by atoms with Gasteiger partial charge >= 0.3 is 0 Å². The molecule has 0 spiro atoms. The van der Waals surface area contributed by atoms with Gasteiger partial charge in [-0.2, -0.15) is 0 Å². The molecule has 0 heterocycles. The van der Waals surface area contributed by atoms with E-state index in [1.807, 2.05) is 45.0 Å². The summed E-state index contributed by atoms with van der Waals surface area (Å²) >= 11 is 3.42. The van der Waals surface area contributed by atoms with Crippen LogP contribution in [0.4, 0.5) is 10.1 Å². The number of hydrogen-bond donors (Lipinski definition) is 1. The number of amides is 2. The molecule has 10 heteroatoms. The van der Waals surface area contributed by atoms with E-state index < -0.39 is 27.4 Å².